The largest absolute Gasteiger partial charge is 0.462 e. The van der Waals surface area contributed by atoms with E-state index in [2.05, 4.69) is 241 Å². The van der Waals surface area contributed by atoms with Gasteiger partial charge in [0, 0.05) is 136 Å². The third kappa shape index (κ3) is 18.3. The second-order valence-corrected chi connectivity index (χ2v) is 31.3. The molecule has 0 bridgehead atoms. The summed E-state index contributed by atoms with van der Waals surface area (Å²) in [6.07, 6.45) is 22.8. The number of anilines is 5. The van der Waals surface area contributed by atoms with E-state index in [4.69, 9.17) is 28.4 Å². The third-order valence-electron chi connectivity index (χ3n) is 22.8. The molecule has 1 aliphatic carbocycles. The molecule has 1 unspecified atom stereocenters. The van der Waals surface area contributed by atoms with Gasteiger partial charge >= 0.3 is 0 Å². The molecule has 0 saturated carbocycles. The lowest BCUT2D eigenvalue weighted by atomic mass is 9.95. The number of benzene rings is 9. The highest BCUT2D eigenvalue weighted by molar-refractivity contribution is 6.40. The average molecular weight is 1650 g/mol. The maximum Gasteiger partial charge on any atom is 0.198 e. The summed E-state index contributed by atoms with van der Waals surface area (Å²) >= 11 is 0. The van der Waals surface area contributed by atoms with E-state index in [0.717, 1.165) is 139 Å². The number of ketones is 2. The fraction of sp³-hybridized carbons (Fsp3) is 0.182. The van der Waals surface area contributed by atoms with Crippen LogP contribution in [0.25, 0.3) is 44.7 Å². The van der Waals surface area contributed by atoms with E-state index in [1.807, 2.05) is 62.4 Å². The monoisotopic (exact) mass is 1650 g/mol. The predicted octanol–water partition coefficient (Wildman–Crippen LogP) is 27.1. The molecule has 125 heavy (non-hydrogen) atoms. The molecule has 0 amide bonds. The molecule has 7 aliphatic heterocycles. The molecule has 0 spiro atoms. The summed E-state index contributed by atoms with van der Waals surface area (Å²) in [7, 11) is 2.08. The highest BCUT2D eigenvalue weighted by Crippen LogP contribution is 2.52. The SMILES string of the molecule is C.C.CC1=CC(=C(C#N)C#N)C=C(/C=C2\C=C(C)c3ccc(N4c5ccccc5-c5ccccc5-c5ccccc54)cc3O2)O1.CCC(C)c1ccc(CN(C)c2ccc3c(c2)O/C(=C/C2=CC(=C4C(=O)c5ccccc5C4=O)C=C(C)O2)C=C3C)cc1.CCN(CC)c1ccc2c(c1)O/C(=C/C1=CC(=C(C#N)C#N)C=C(c3c(C)cc(C)cc3C)O1)C=C2C. The summed E-state index contributed by atoms with van der Waals surface area (Å²) in [4.78, 5) is 33.0. The van der Waals surface area contributed by atoms with Gasteiger partial charge in [0.2, 0.25) is 0 Å². The van der Waals surface area contributed by atoms with Gasteiger partial charge in [0.05, 0.1) is 16.9 Å². The number of rotatable bonds is 13. The standard InChI is InChI=1S/C38H25N3O2.C38H35NO4.C32H31N3O2.2CH4/c1-24-17-29(21-30-19-26(18-25(2)42-30)27(22-39)23-40)43-38-20-28(15-16-31(24)38)41-36-13-7-5-11-34(36)32-9-3-4-10-33(32)35-12-6-8-14-37(35)41;1-6-23(2)27-13-11-26(12-14-27)22-39(5)29-15-16-32-24(3)17-30(43-35(32)20-29)21-31-19-28(18-25(4)42-31)36-37(40)33-9-7-8-10-34(33)38(36)41;1-7-35(8-2)26-9-10-29-21(4)13-27(36-30(29)16-26)17-28-14-24(25(18-33)19-34)15-31(37-28)32-22(5)11-20(3)12-23(32)6;;/h3-21H,1-2H3;7-21,23H,6,22H2,1-5H3;9-17H,7-8H2,1-6H3;2*1H4/b29-21+;30-21+;27-17+;;. The van der Waals surface area contributed by atoms with Gasteiger partial charge in [-0.15, -0.1) is 0 Å². The topological polar surface area (TPSA) is 194 Å². The first kappa shape index (κ1) is 87.4. The summed E-state index contributed by atoms with van der Waals surface area (Å²) in [5.74, 6) is 7.43. The molecule has 17 rings (SSSR count). The molecule has 15 nitrogen and oxygen atoms in total. The van der Waals surface area contributed by atoms with Crippen LogP contribution in [0, 0.1) is 66.1 Å². The second-order valence-electron chi connectivity index (χ2n) is 31.3. The van der Waals surface area contributed by atoms with E-state index in [1.165, 1.54) is 22.3 Å². The Bertz CT molecular complexity index is 6470. The van der Waals surface area contributed by atoms with Crippen molar-refractivity contribution in [2.45, 2.75) is 117 Å². The van der Waals surface area contributed by atoms with E-state index >= 15 is 0 Å². The Morgan fingerprint density at radius 3 is 1.34 bits per heavy atom. The van der Waals surface area contributed by atoms with Crippen LogP contribution in [0.4, 0.5) is 28.4 Å². The lowest BCUT2D eigenvalue weighted by molar-refractivity contribution is 0.0987. The van der Waals surface area contributed by atoms with Crippen molar-refractivity contribution in [2.24, 2.45) is 0 Å². The van der Waals surface area contributed by atoms with Gasteiger partial charge in [-0.1, -0.05) is 156 Å². The molecule has 0 radical (unpaired) electrons. The van der Waals surface area contributed by atoms with Crippen LogP contribution < -0.4 is 28.9 Å². The Morgan fingerprint density at radius 1 is 0.432 bits per heavy atom. The summed E-state index contributed by atoms with van der Waals surface area (Å²) < 4.78 is 37.3. The molecule has 9 aromatic rings. The molecule has 622 valence electrons. The Kier molecular flexibility index (Phi) is 26.4. The highest BCUT2D eigenvalue weighted by Gasteiger charge is 2.36. The van der Waals surface area contributed by atoms with Crippen LogP contribution in [0.15, 0.2) is 340 Å². The molecule has 0 N–H and O–H groups in total. The van der Waals surface area contributed by atoms with Crippen molar-refractivity contribution in [1.29, 1.82) is 21.0 Å². The van der Waals surface area contributed by atoms with Crippen molar-refractivity contribution < 1.29 is 38.0 Å². The number of Topliss-reactive ketones (excluding diaryl/α,β-unsaturated/α-hetero) is 2. The van der Waals surface area contributed by atoms with Crippen molar-refractivity contribution in [2.75, 3.05) is 34.8 Å². The number of hydrogen-bond donors (Lipinski definition) is 0. The number of aryl methyl sites for hydroxylation is 3. The number of nitrogens with zero attached hydrogens (tertiary/aromatic N) is 7. The first-order valence-electron chi connectivity index (χ1n) is 41.2. The molecule has 0 fully saturated rings. The molecule has 0 saturated heterocycles. The van der Waals surface area contributed by atoms with Crippen LogP contribution in [0.1, 0.15) is 160 Å². The highest BCUT2D eigenvalue weighted by atomic mass is 16.5. The summed E-state index contributed by atoms with van der Waals surface area (Å²) in [6.45, 7) is 27.2. The van der Waals surface area contributed by atoms with Crippen molar-refractivity contribution in [3.8, 4) is 63.8 Å². The lowest BCUT2D eigenvalue weighted by Gasteiger charge is -2.29. The van der Waals surface area contributed by atoms with E-state index in [0.29, 0.717) is 85.6 Å². The summed E-state index contributed by atoms with van der Waals surface area (Å²) in [5, 5.41) is 37.8. The normalized spacial score (nSPS) is 15.8. The smallest absolute Gasteiger partial charge is 0.198 e. The van der Waals surface area contributed by atoms with E-state index in [1.54, 1.807) is 86.7 Å². The quantitative estimate of drug-likeness (QED) is 0.0600. The van der Waals surface area contributed by atoms with Crippen LogP contribution in [0.2, 0.25) is 0 Å². The molecular formula is C110H99N7O8. The van der Waals surface area contributed by atoms with Gasteiger partial charge < -0.3 is 43.1 Å². The van der Waals surface area contributed by atoms with Gasteiger partial charge in [0.25, 0.3) is 0 Å². The van der Waals surface area contributed by atoms with Gasteiger partial charge in [0.15, 0.2) is 11.6 Å². The van der Waals surface area contributed by atoms with E-state index in [9.17, 15) is 30.6 Å². The van der Waals surface area contributed by atoms with Crippen LogP contribution in [0.3, 0.4) is 0 Å². The molecule has 0 aromatic heterocycles. The molecule has 7 heterocycles. The van der Waals surface area contributed by atoms with Crippen molar-refractivity contribution >= 4 is 62.5 Å². The zero-order valence-electron chi connectivity index (χ0n) is 71.1. The second kappa shape index (κ2) is 37.7. The Hall–Kier alpha value is -15.4. The number of ether oxygens (including phenoxy) is 6. The van der Waals surface area contributed by atoms with Gasteiger partial charge in [-0.05, 0) is 240 Å². The Balaban J connectivity index is 0.000000160. The predicted molar refractivity (Wildman–Crippen MR) is 502 cm³/mol. The maximum absolute atomic E-state index is 13.1. The number of allylic oxidation sites excluding steroid dienone is 23. The maximum atomic E-state index is 13.1. The number of nitriles is 4. The minimum atomic E-state index is -0.258. The number of carbonyl (C=O) groups is 2. The lowest BCUT2D eigenvalue weighted by Crippen LogP contribution is -2.21. The zero-order valence-corrected chi connectivity index (χ0v) is 71.1. The number of para-hydroxylation sites is 2. The third-order valence-corrected chi connectivity index (χ3v) is 22.8. The van der Waals surface area contributed by atoms with E-state index < -0.39 is 0 Å². The van der Waals surface area contributed by atoms with Crippen molar-refractivity contribution in [1.82, 2.24) is 0 Å². The summed E-state index contributed by atoms with van der Waals surface area (Å²) in [5.41, 5.74) is 25.9. The van der Waals surface area contributed by atoms with Crippen molar-refractivity contribution in [3.63, 3.8) is 0 Å². The fourth-order valence-corrected chi connectivity index (χ4v) is 16.6. The molecule has 15 heteroatoms. The Morgan fingerprint density at radius 2 is 0.856 bits per heavy atom. The fourth-order valence-electron chi connectivity index (χ4n) is 16.6. The number of fused-ring (bicyclic) bond motifs is 9. The van der Waals surface area contributed by atoms with E-state index in [-0.39, 0.29) is 43.1 Å². The van der Waals surface area contributed by atoms with Gasteiger partial charge in [0.1, 0.15) is 105 Å². The Labute approximate surface area is 734 Å². The van der Waals surface area contributed by atoms with Gasteiger partial charge in [-0.2, -0.15) is 21.0 Å². The molecule has 9 aromatic carbocycles. The minimum Gasteiger partial charge on any atom is -0.462 e. The molecule has 1 atom stereocenters. The van der Waals surface area contributed by atoms with Crippen molar-refractivity contribution in [3.05, 3.63) is 402 Å². The van der Waals surface area contributed by atoms with Crippen LogP contribution in [-0.4, -0.2) is 31.7 Å². The van der Waals surface area contributed by atoms with Crippen LogP contribution in [0.5, 0.6) is 17.2 Å². The first-order valence-corrected chi connectivity index (χ1v) is 41.2. The zero-order chi connectivity index (χ0) is 86.4. The van der Waals surface area contributed by atoms with Gasteiger partial charge in [-0.25, -0.2) is 0 Å². The van der Waals surface area contributed by atoms with Crippen LogP contribution >= 0.6 is 0 Å². The van der Waals surface area contributed by atoms with Gasteiger partial charge in [-0.3, -0.25) is 9.59 Å². The average Bonchev–Trinajstić information content (AvgIpc) is 1.62. The number of hydrogen-bond acceptors (Lipinski definition) is 15. The minimum absolute atomic E-state index is 0. The molecule has 8 aliphatic rings. The summed E-state index contributed by atoms with van der Waals surface area (Å²) in [6, 6.07) is 72.4. The molecular weight excluding hydrogens is 1550 g/mol. The number of carbonyl (C=O) groups excluding carboxylic acids is 2. The first-order chi connectivity index (χ1) is 59.5. The van der Waals surface area contributed by atoms with Crippen LogP contribution in [-0.2, 0) is 20.8 Å².